The summed E-state index contributed by atoms with van der Waals surface area (Å²) in [7, 11) is 0. The standard InChI is InChI=1S/C19H16N6O/c1-3-14(11-20-7-1)17-23-19(26-24-17)25-9-5-13(6-10-25)16-12-22-18-15(16)4-2-8-21-18/h1-5,7-8,11-12H,6,9-10H2,(H,21,22). The first-order valence-corrected chi connectivity index (χ1v) is 8.49. The van der Waals surface area contributed by atoms with Crippen LogP contribution in [-0.2, 0) is 0 Å². The molecular formula is C19H16N6O. The highest BCUT2D eigenvalue weighted by Crippen LogP contribution is 2.30. The van der Waals surface area contributed by atoms with Gasteiger partial charge in [0, 0.05) is 54.4 Å². The summed E-state index contributed by atoms with van der Waals surface area (Å²) in [6.07, 6.45) is 10.4. The summed E-state index contributed by atoms with van der Waals surface area (Å²) in [4.78, 5) is 18.3. The lowest BCUT2D eigenvalue weighted by Crippen LogP contribution is -2.28. The first-order valence-electron chi connectivity index (χ1n) is 8.49. The molecule has 0 radical (unpaired) electrons. The minimum absolute atomic E-state index is 0.541. The van der Waals surface area contributed by atoms with Crippen molar-refractivity contribution in [1.29, 1.82) is 0 Å². The molecule has 1 aliphatic heterocycles. The summed E-state index contributed by atoms with van der Waals surface area (Å²) >= 11 is 0. The fourth-order valence-corrected chi connectivity index (χ4v) is 3.27. The molecule has 4 aromatic rings. The number of anilines is 1. The maximum absolute atomic E-state index is 5.45. The highest BCUT2D eigenvalue weighted by Gasteiger charge is 2.20. The summed E-state index contributed by atoms with van der Waals surface area (Å²) in [5, 5.41) is 5.23. The van der Waals surface area contributed by atoms with E-state index >= 15 is 0 Å². The molecule has 0 unspecified atom stereocenters. The third-order valence-corrected chi connectivity index (χ3v) is 4.61. The average Bonchev–Trinajstić information content (AvgIpc) is 3.36. The zero-order valence-corrected chi connectivity index (χ0v) is 14.0. The number of nitrogens with zero attached hydrogens (tertiary/aromatic N) is 5. The normalized spacial score (nSPS) is 14.6. The summed E-state index contributed by atoms with van der Waals surface area (Å²) in [5.41, 5.74) is 4.30. The van der Waals surface area contributed by atoms with E-state index in [1.54, 1.807) is 18.6 Å². The molecule has 0 bridgehead atoms. The second-order valence-corrected chi connectivity index (χ2v) is 6.17. The Balaban J connectivity index is 1.38. The zero-order chi connectivity index (χ0) is 17.3. The van der Waals surface area contributed by atoms with Crippen LogP contribution in [0.5, 0.6) is 0 Å². The summed E-state index contributed by atoms with van der Waals surface area (Å²) in [5.74, 6) is 0.561. The Labute approximate surface area is 149 Å². The van der Waals surface area contributed by atoms with Crippen molar-refractivity contribution >= 4 is 22.6 Å². The van der Waals surface area contributed by atoms with Gasteiger partial charge in [0.25, 0.3) is 0 Å². The van der Waals surface area contributed by atoms with Gasteiger partial charge in [-0.25, -0.2) is 4.98 Å². The molecule has 4 aromatic heterocycles. The Morgan fingerprint density at radius 1 is 1.15 bits per heavy atom. The first kappa shape index (κ1) is 14.8. The molecule has 0 amide bonds. The molecule has 0 saturated carbocycles. The van der Waals surface area contributed by atoms with E-state index in [4.69, 9.17) is 4.52 Å². The number of rotatable bonds is 3. The van der Waals surface area contributed by atoms with Gasteiger partial charge in [-0.1, -0.05) is 11.2 Å². The fraction of sp³-hybridized carbons (Fsp3) is 0.158. The van der Waals surface area contributed by atoms with E-state index in [0.29, 0.717) is 11.8 Å². The molecule has 0 aliphatic carbocycles. The zero-order valence-electron chi connectivity index (χ0n) is 14.0. The number of hydrogen-bond acceptors (Lipinski definition) is 6. The van der Waals surface area contributed by atoms with E-state index in [1.807, 2.05) is 24.4 Å². The molecule has 5 heterocycles. The summed E-state index contributed by atoms with van der Waals surface area (Å²) < 4.78 is 5.45. The van der Waals surface area contributed by atoms with Crippen LogP contribution in [0.25, 0.3) is 28.0 Å². The Morgan fingerprint density at radius 3 is 2.96 bits per heavy atom. The van der Waals surface area contributed by atoms with Crippen LogP contribution in [-0.4, -0.2) is 38.2 Å². The van der Waals surface area contributed by atoms with Crippen LogP contribution >= 0.6 is 0 Å². The summed E-state index contributed by atoms with van der Waals surface area (Å²) in [6, 6.07) is 8.38. The molecule has 7 heteroatoms. The molecule has 0 atom stereocenters. The van der Waals surface area contributed by atoms with Crippen molar-refractivity contribution in [2.45, 2.75) is 6.42 Å². The number of aromatic amines is 1. The second-order valence-electron chi connectivity index (χ2n) is 6.17. The Kier molecular flexibility index (Phi) is 3.48. The third kappa shape index (κ3) is 2.54. The van der Waals surface area contributed by atoms with Crippen LogP contribution in [0.1, 0.15) is 12.0 Å². The van der Waals surface area contributed by atoms with Gasteiger partial charge in [0.15, 0.2) is 0 Å². The van der Waals surface area contributed by atoms with E-state index in [0.717, 1.165) is 36.1 Å². The van der Waals surface area contributed by atoms with Gasteiger partial charge in [0.2, 0.25) is 5.82 Å². The van der Waals surface area contributed by atoms with Crippen LogP contribution in [0.2, 0.25) is 0 Å². The molecular weight excluding hydrogens is 328 g/mol. The van der Waals surface area contributed by atoms with Crippen LogP contribution < -0.4 is 4.90 Å². The largest absolute Gasteiger partial charge is 0.346 e. The van der Waals surface area contributed by atoms with Crippen molar-refractivity contribution in [1.82, 2.24) is 25.1 Å². The molecule has 0 spiro atoms. The van der Waals surface area contributed by atoms with Crippen molar-refractivity contribution in [3.05, 3.63) is 60.7 Å². The van der Waals surface area contributed by atoms with Crippen molar-refractivity contribution in [3.8, 4) is 11.4 Å². The molecule has 1 aliphatic rings. The van der Waals surface area contributed by atoms with Gasteiger partial charge in [-0.3, -0.25) is 4.98 Å². The average molecular weight is 344 g/mol. The maximum Gasteiger partial charge on any atom is 0.324 e. The number of H-pyrrole nitrogens is 1. The third-order valence-electron chi connectivity index (χ3n) is 4.61. The van der Waals surface area contributed by atoms with Gasteiger partial charge < -0.3 is 14.4 Å². The van der Waals surface area contributed by atoms with Crippen LogP contribution in [0.15, 0.2) is 59.7 Å². The molecule has 5 rings (SSSR count). The van der Waals surface area contributed by atoms with E-state index in [-0.39, 0.29) is 0 Å². The maximum atomic E-state index is 5.45. The van der Waals surface area contributed by atoms with E-state index in [1.165, 1.54) is 11.1 Å². The van der Waals surface area contributed by atoms with Crippen molar-refractivity contribution in [3.63, 3.8) is 0 Å². The first-order chi connectivity index (χ1) is 12.9. The highest BCUT2D eigenvalue weighted by atomic mass is 16.5. The quantitative estimate of drug-likeness (QED) is 0.614. The Bertz CT molecular complexity index is 1080. The molecule has 0 aromatic carbocycles. The van der Waals surface area contributed by atoms with Gasteiger partial charge >= 0.3 is 6.01 Å². The predicted octanol–water partition coefficient (Wildman–Crippen LogP) is 3.30. The Hall–Kier alpha value is -3.48. The van der Waals surface area contributed by atoms with Gasteiger partial charge in [0.05, 0.1) is 0 Å². The molecule has 1 N–H and O–H groups in total. The fourth-order valence-electron chi connectivity index (χ4n) is 3.27. The SMILES string of the molecule is C1=C(c2c[nH]c3ncccc23)CCN(c2nc(-c3cccnc3)no2)C1. The summed E-state index contributed by atoms with van der Waals surface area (Å²) in [6.45, 7) is 1.56. The smallest absolute Gasteiger partial charge is 0.324 e. The number of hydrogen-bond donors (Lipinski definition) is 1. The van der Waals surface area contributed by atoms with Crippen LogP contribution in [0, 0.1) is 0 Å². The number of aromatic nitrogens is 5. The van der Waals surface area contributed by atoms with Crippen molar-refractivity contribution < 1.29 is 4.52 Å². The van der Waals surface area contributed by atoms with Gasteiger partial charge in [-0.05, 0) is 36.3 Å². The minimum Gasteiger partial charge on any atom is -0.346 e. The Morgan fingerprint density at radius 2 is 2.12 bits per heavy atom. The van der Waals surface area contributed by atoms with Gasteiger partial charge in [0.1, 0.15) is 5.65 Å². The molecule has 0 saturated heterocycles. The molecule has 128 valence electrons. The molecule has 0 fully saturated rings. The topological polar surface area (TPSA) is 83.7 Å². The number of nitrogens with one attached hydrogen (secondary N) is 1. The van der Waals surface area contributed by atoms with E-state index in [2.05, 4.69) is 42.1 Å². The van der Waals surface area contributed by atoms with Crippen molar-refractivity contribution in [2.75, 3.05) is 18.0 Å². The van der Waals surface area contributed by atoms with E-state index in [9.17, 15) is 0 Å². The van der Waals surface area contributed by atoms with Gasteiger partial charge in [-0.2, -0.15) is 4.98 Å². The number of fused-ring (bicyclic) bond motifs is 1. The van der Waals surface area contributed by atoms with Crippen molar-refractivity contribution in [2.24, 2.45) is 0 Å². The van der Waals surface area contributed by atoms with Crippen LogP contribution in [0.4, 0.5) is 6.01 Å². The predicted molar refractivity (Wildman–Crippen MR) is 98.4 cm³/mol. The monoisotopic (exact) mass is 344 g/mol. The van der Waals surface area contributed by atoms with E-state index < -0.39 is 0 Å². The lowest BCUT2D eigenvalue weighted by Gasteiger charge is -2.24. The minimum atomic E-state index is 0.541. The second kappa shape index (κ2) is 6.11. The van der Waals surface area contributed by atoms with Gasteiger partial charge in [-0.15, -0.1) is 0 Å². The highest BCUT2D eigenvalue weighted by molar-refractivity contribution is 5.90. The molecule has 26 heavy (non-hydrogen) atoms. The van der Waals surface area contributed by atoms with Crippen LogP contribution in [0.3, 0.4) is 0 Å². The molecule has 7 nitrogen and oxygen atoms in total. The lowest BCUT2D eigenvalue weighted by molar-refractivity contribution is 0.416. The number of pyridine rings is 2. The lowest BCUT2D eigenvalue weighted by atomic mass is 10.00.